The van der Waals surface area contributed by atoms with Gasteiger partial charge in [0, 0.05) is 51.0 Å². The van der Waals surface area contributed by atoms with Crippen molar-refractivity contribution in [2.75, 3.05) is 36.1 Å². The average molecular weight is 490 g/mol. The molecule has 0 aliphatic carbocycles. The van der Waals surface area contributed by atoms with Crippen molar-refractivity contribution in [2.45, 2.75) is 0 Å². The van der Waals surface area contributed by atoms with E-state index in [1.54, 1.807) is 30.7 Å². The van der Waals surface area contributed by atoms with Crippen LogP contribution < -0.4 is 20.9 Å². The number of fused-ring (bicyclic) bond motifs is 1. The Kier molecular flexibility index (Phi) is 5.22. The van der Waals surface area contributed by atoms with Crippen molar-refractivity contribution in [3.8, 4) is 5.82 Å². The molecule has 0 bridgehead atoms. The molecule has 0 unspecified atom stereocenters. The number of halogens is 1. The number of rotatable bonds is 5. The zero-order chi connectivity index (χ0) is 24.6. The minimum absolute atomic E-state index is 0.00798. The van der Waals surface area contributed by atoms with Crippen molar-refractivity contribution in [2.24, 2.45) is 0 Å². The zero-order valence-electron chi connectivity index (χ0n) is 18.7. The van der Waals surface area contributed by atoms with Gasteiger partial charge in [-0.05, 0) is 22.6 Å². The lowest BCUT2D eigenvalue weighted by atomic mass is 10.1. The molecule has 3 N–H and O–H groups in total. The number of nitrogens with zero attached hydrogens (tertiary/aromatic N) is 9. The summed E-state index contributed by atoms with van der Waals surface area (Å²) in [6.07, 6.45) is 7.28. The second kappa shape index (κ2) is 8.70. The number of ketones is 1. The van der Waals surface area contributed by atoms with Gasteiger partial charge in [-0.3, -0.25) is 9.59 Å². The number of amides is 1. The lowest BCUT2D eigenvalue weighted by molar-refractivity contribution is -0.126. The number of hydrogen-bond acceptors (Lipinski definition) is 11. The third-order valence-corrected chi connectivity index (χ3v) is 5.97. The maximum Gasteiger partial charge on any atom is 0.295 e. The normalized spacial score (nSPS) is 15.5. The SMILES string of the molecule is O=C(C(=O)N1CCN(c2nnnn2-c2ccccn2)CC1)c1c[nH]c2c(N3C=CNN3)ncc(F)c12. The number of hydrogen-bond donors (Lipinski definition) is 3. The molecule has 2 aliphatic rings. The Morgan fingerprint density at radius 1 is 1.08 bits per heavy atom. The minimum Gasteiger partial charge on any atom is -0.357 e. The molecule has 0 spiro atoms. The van der Waals surface area contributed by atoms with Crippen LogP contribution in [0.15, 0.2) is 49.2 Å². The summed E-state index contributed by atoms with van der Waals surface area (Å²) in [4.78, 5) is 40.8. The molecule has 182 valence electrons. The van der Waals surface area contributed by atoms with Gasteiger partial charge in [0.05, 0.1) is 22.7 Å². The van der Waals surface area contributed by atoms with Crippen LogP contribution in [0.4, 0.5) is 16.2 Å². The molecule has 0 atom stereocenters. The Labute approximate surface area is 202 Å². The highest BCUT2D eigenvalue weighted by atomic mass is 19.1. The van der Waals surface area contributed by atoms with E-state index in [0.29, 0.717) is 30.7 Å². The van der Waals surface area contributed by atoms with Crippen molar-refractivity contribution >= 4 is 34.4 Å². The molecule has 6 rings (SSSR count). The number of aromatic nitrogens is 7. The number of Topliss-reactive ketones (excluding diaryl/α,β-unsaturated/α-hetero) is 1. The first-order valence-corrected chi connectivity index (χ1v) is 11.0. The standard InChI is InChI=1S/C21H19FN12O2/c22-14-12-25-19(33-6-5-26-29-33)17-16(14)13(11-24-17)18(35)20(36)31-7-9-32(10-8-31)21-27-28-30-34(21)15-3-1-2-4-23-15/h1-6,11-12,24,26,29H,7-10H2. The molecule has 6 heterocycles. The second-order valence-corrected chi connectivity index (χ2v) is 8.01. The fraction of sp³-hybridized carbons (Fsp3) is 0.190. The summed E-state index contributed by atoms with van der Waals surface area (Å²) in [5.74, 6) is -0.806. The largest absolute Gasteiger partial charge is 0.357 e. The number of tetrazole rings is 1. The third-order valence-electron chi connectivity index (χ3n) is 5.97. The quantitative estimate of drug-likeness (QED) is 0.254. The Balaban J connectivity index is 1.19. The van der Waals surface area contributed by atoms with E-state index in [1.807, 2.05) is 11.0 Å². The van der Waals surface area contributed by atoms with Crippen molar-refractivity contribution < 1.29 is 14.0 Å². The first kappa shape index (κ1) is 21.6. The summed E-state index contributed by atoms with van der Waals surface area (Å²) in [7, 11) is 0. The first-order chi connectivity index (χ1) is 17.6. The van der Waals surface area contributed by atoms with Crippen LogP contribution in [0.1, 0.15) is 10.4 Å². The molecule has 1 fully saturated rings. The predicted octanol–water partition coefficient (Wildman–Crippen LogP) is -0.0954. The maximum atomic E-state index is 14.7. The number of anilines is 2. The highest BCUT2D eigenvalue weighted by Gasteiger charge is 2.31. The summed E-state index contributed by atoms with van der Waals surface area (Å²) in [5.41, 5.74) is 5.82. The average Bonchev–Trinajstić information content (AvgIpc) is 3.70. The highest BCUT2D eigenvalue weighted by Crippen LogP contribution is 2.29. The van der Waals surface area contributed by atoms with Crippen LogP contribution in [0.5, 0.6) is 0 Å². The van der Waals surface area contributed by atoms with Crippen LogP contribution in [-0.2, 0) is 4.79 Å². The topological polar surface area (TPSA) is 153 Å². The molecular formula is C21H19FN12O2. The number of carbonyl (C=O) groups is 2. The number of piperazine rings is 1. The number of hydrazine groups is 2. The Morgan fingerprint density at radius 2 is 1.94 bits per heavy atom. The molecule has 0 radical (unpaired) electrons. The summed E-state index contributed by atoms with van der Waals surface area (Å²) >= 11 is 0. The maximum absolute atomic E-state index is 14.7. The lowest BCUT2D eigenvalue weighted by Gasteiger charge is -2.34. The number of aromatic amines is 1. The molecule has 1 amide bonds. The van der Waals surface area contributed by atoms with Gasteiger partial charge in [0.25, 0.3) is 17.6 Å². The van der Waals surface area contributed by atoms with Gasteiger partial charge in [-0.15, -0.1) is 5.53 Å². The van der Waals surface area contributed by atoms with Gasteiger partial charge in [-0.2, -0.15) is 4.68 Å². The van der Waals surface area contributed by atoms with Crippen molar-refractivity contribution in [1.29, 1.82) is 0 Å². The Bertz CT molecular complexity index is 1470. The summed E-state index contributed by atoms with van der Waals surface area (Å²) in [6.45, 7) is 1.35. The zero-order valence-corrected chi connectivity index (χ0v) is 18.7. The number of carbonyl (C=O) groups excluding carboxylic acids is 2. The molecule has 4 aromatic rings. The van der Waals surface area contributed by atoms with Crippen LogP contribution >= 0.6 is 0 Å². The summed E-state index contributed by atoms with van der Waals surface area (Å²) in [6, 6.07) is 5.41. The van der Waals surface area contributed by atoms with Crippen LogP contribution in [0.25, 0.3) is 16.7 Å². The van der Waals surface area contributed by atoms with Gasteiger partial charge in [0.1, 0.15) is 0 Å². The van der Waals surface area contributed by atoms with Gasteiger partial charge >= 0.3 is 0 Å². The van der Waals surface area contributed by atoms with Gasteiger partial charge < -0.3 is 20.2 Å². The smallest absolute Gasteiger partial charge is 0.295 e. The van der Waals surface area contributed by atoms with Gasteiger partial charge in [-0.1, -0.05) is 11.2 Å². The molecule has 1 saturated heterocycles. The van der Waals surface area contributed by atoms with Crippen LogP contribution in [0, 0.1) is 5.82 Å². The molecule has 14 nitrogen and oxygen atoms in total. The molecule has 0 saturated carbocycles. The monoisotopic (exact) mass is 490 g/mol. The van der Waals surface area contributed by atoms with E-state index in [0.717, 1.165) is 6.20 Å². The molecular weight excluding hydrogens is 471 g/mol. The van der Waals surface area contributed by atoms with E-state index < -0.39 is 17.5 Å². The van der Waals surface area contributed by atoms with Crippen molar-refractivity contribution in [1.82, 2.24) is 51.0 Å². The molecule has 0 aromatic carbocycles. The van der Waals surface area contributed by atoms with Crippen LogP contribution in [-0.4, -0.2) is 77.9 Å². The van der Waals surface area contributed by atoms with E-state index in [1.165, 1.54) is 20.8 Å². The van der Waals surface area contributed by atoms with Crippen LogP contribution in [0.3, 0.4) is 0 Å². The van der Waals surface area contributed by atoms with E-state index in [9.17, 15) is 14.0 Å². The number of nitrogens with one attached hydrogen (secondary N) is 3. The van der Waals surface area contributed by atoms with Crippen molar-refractivity contribution in [3.63, 3.8) is 0 Å². The molecule has 4 aromatic heterocycles. The van der Waals surface area contributed by atoms with Gasteiger partial charge in [0.2, 0.25) is 0 Å². The highest BCUT2D eigenvalue weighted by molar-refractivity contribution is 6.45. The summed E-state index contributed by atoms with van der Waals surface area (Å²) < 4.78 is 16.3. The molecule has 2 aliphatic heterocycles. The Hall–Kier alpha value is -4.92. The number of pyridine rings is 2. The minimum atomic E-state index is -0.799. The van der Waals surface area contributed by atoms with E-state index in [2.05, 4.69) is 41.4 Å². The van der Waals surface area contributed by atoms with Gasteiger partial charge in [-0.25, -0.2) is 19.4 Å². The molecule has 15 heteroatoms. The fourth-order valence-electron chi connectivity index (χ4n) is 4.21. The van der Waals surface area contributed by atoms with Crippen molar-refractivity contribution in [3.05, 3.63) is 60.6 Å². The van der Waals surface area contributed by atoms with E-state index in [4.69, 9.17) is 0 Å². The van der Waals surface area contributed by atoms with E-state index >= 15 is 0 Å². The lowest BCUT2D eigenvalue weighted by Crippen LogP contribution is -2.51. The third kappa shape index (κ3) is 3.58. The number of H-pyrrole nitrogens is 1. The Morgan fingerprint density at radius 3 is 2.69 bits per heavy atom. The fourth-order valence-corrected chi connectivity index (χ4v) is 4.21. The van der Waals surface area contributed by atoms with Crippen LogP contribution in [0.2, 0.25) is 0 Å². The summed E-state index contributed by atoms with van der Waals surface area (Å²) in [5, 5.41) is 13.4. The molecule has 36 heavy (non-hydrogen) atoms. The predicted molar refractivity (Wildman–Crippen MR) is 124 cm³/mol. The second-order valence-electron chi connectivity index (χ2n) is 8.01. The van der Waals surface area contributed by atoms with E-state index in [-0.39, 0.29) is 29.6 Å². The van der Waals surface area contributed by atoms with Gasteiger partial charge in [0.15, 0.2) is 17.5 Å². The first-order valence-electron chi connectivity index (χ1n) is 11.0.